The maximum Gasteiger partial charge on any atom is 0.326 e. The van der Waals surface area contributed by atoms with Gasteiger partial charge in [-0.2, -0.15) is 0 Å². The summed E-state index contributed by atoms with van der Waals surface area (Å²) in [6, 6.07) is -4.06. The van der Waals surface area contributed by atoms with E-state index in [1.54, 1.807) is 0 Å². The van der Waals surface area contributed by atoms with Gasteiger partial charge in [0.1, 0.15) is 12.1 Å². The van der Waals surface area contributed by atoms with Crippen LogP contribution in [0.4, 0.5) is 4.79 Å². The zero-order valence-electron chi connectivity index (χ0n) is 13.2. The van der Waals surface area contributed by atoms with Crippen molar-refractivity contribution in [1.82, 2.24) is 16.0 Å². The van der Waals surface area contributed by atoms with E-state index in [0.29, 0.717) is 0 Å². The van der Waals surface area contributed by atoms with E-state index in [2.05, 4.69) is 5.32 Å². The molecule has 12 heteroatoms. The number of urea groups is 1. The predicted molar refractivity (Wildman–Crippen MR) is 80.7 cm³/mol. The SMILES string of the molecule is O=C(O)CC[C@H](NC(=O)NC(CCC(=O)NCCO)C(=O)O)C(=O)O. The topological polar surface area (TPSA) is 202 Å². The van der Waals surface area contributed by atoms with Crippen molar-refractivity contribution in [2.45, 2.75) is 37.8 Å². The quantitative estimate of drug-likeness (QED) is 0.203. The lowest BCUT2D eigenvalue weighted by atomic mass is 10.1. The smallest absolute Gasteiger partial charge is 0.326 e. The van der Waals surface area contributed by atoms with Crippen LogP contribution in [-0.4, -0.2) is 75.5 Å². The van der Waals surface area contributed by atoms with Crippen LogP contribution in [0.3, 0.4) is 0 Å². The Morgan fingerprint density at radius 1 is 0.800 bits per heavy atom. The van der Waals surface area contributed by atoms with Gasteiger partial charge in [-0.3, -0.25) is 9.59 Å². The van der Waals surface area contributed by atoms with Gasteiger partial charge in [-0.1, -0.05) is 0 Å². The summed E-state index contributed by atoms with van der Waals surface area (Å²) < 4.78 is 0. The number of carbonyl (C=O) groups is 5. The van der Waals surface area contributed by atoms with Gasteiger partial charge >= 0.3 is 23.9 Å². The molecular formula is C13H21N3O9. The molecule has 142 valence electrons. The molecule has 1 unspecified atom stereocenters. The minimum atomic E-state index is -1.50. The third-order valence-corrected chi connectivity index (χ3v) is 2.95. The number of nitrogens with one attached hydrogen (secondary N) is 3. The fourth-order valence-corrected chi connectivity index (χ4v) is 1.70. The second-order valence-corrected chi connectivity index (χ2v) is 4.94. The number of aliphatic hydroxyl groups is 1. The molecule has 7 N–H and O–H groups in total. The van der Waals surface area contributed by atoms with E-state index in [0.717, 1.165) is 0 Å². The van der Waals surface area contributed by atoms with E-state index in [1.807, 2.05) is 10.6 Å². The first-order chi connectivity index (χ1) is 11.7. The molecule has 25 heavy (non-hydrogen) atoms. The van der Waals surface area contributed by atoms with Gasteiger partial charge in [0.15, 0.2) is 0 Å². The largest absolute Gasteiger partial charge is 0.481 e. The molecule has 0 saturated carbocycles. The number of hydrogen-bond acceptors (Lipinski definition) is 6. The normalized spacial score (nSPS) is 12.5. The highest BCUT2D eigenvalue weighted by atomic mass is 16.4. The number of amides is 3. The van der Waals surface area contributed by atoms with Gasteiger partial charge in [0.05, 0.1) is 6.61 Å². The Bertz CT molecular complexity index is 509. The minimum Gasteiger partial charge on any atom is -0.481 e. The first kappa shape index (κ1) is 22.1. The number of hydrogen-bond donors (Lipinski definition) is 7. The van der Waals surface area contributed by atoms with Crippen LogP contribution in [0.2, 0.25) is 0 Å². The van der Waals surface area contributed by atoms with E-state index in [-0.39, 0.29) is 32.4 Å². The molecule has 0 heterocycles. The van der Waals surface area contributed by atoms with E-state index in [1.165, 1.54) is 0 Å². The molecule has 0 aromatic rings. The van der Waals surface area contributed by atoms with E-state index >= 15 is 0 Å². The molecule has 0 aromatic carbocycles. The number of aliphatic hydroxyl groups excluding tert-OH is 1. The second kappa shape index (κ2) is 11.6. The van der Waals surface area contributed by atoms with Crippen LogP contribution in [0.1, 0.15) is 25.7 Å². The van der Waals surface area contributed by atoms with E-state index in [4.69, 9.17) is 20.4 Å². The molecule has 0 aromatic heterocycles. The third kappa shape index (κ3) is 10.5. The molecule has 0 spiro atoms. The number of carbonyl (C=O) groups excluding carboxylic acids is 2. The summed E-state index contributed by atoms with van der Waals surface area (Å²) in [6.07, 6.45) is -1.37. The number of carboxylic acids is 3. The molecule has 2 atom stereocenters. The van der Waals surface area contributed by atoms with Crippen LogP contribution in [0.25, 0.3) is 0 Å². The highest BCUT2D eigenvalue weighted by Gasteiger charge is 2.25. The first-order valence-corrected chi connectivity index (χ1v) is 7.29. The lowest BCUT2D eigenvalue weighted by Crippen LogP contribution is -2.51. The number of carboxylic acid groups (broad SMARTS) is 3. The molecule has 0 rings (SSSR count). The Kier molecular flexibility index (Phi) is 10.3. The van der Waals surface area contributed by atoms with Crippen LogP contribution in [0, 0.1) is 0 Å². The van der Waals surface area contributed by atoms with Crippen LogP contribution in [-0.2, 0) is 19.2 Å². The molecule has 12 nitrogen and oxygen atoms in total. The van der Waals surface area contributed by atoms with Crippen molar-refractivity contribution in [3.05, 3.63) is 0 Å². The summed E-state index contributed by atoms with van der Waals surface area (Å²) in [7, 11) is 0. The minimum absolute atomic E-state index is 0.00829. The Morgan fingerprint density at radius 3 is 1.68 bits per heavy atom. The average molecular weight is 363 g/mol. The van der Waals surface area contributed by atoms with Crippen molar-refractivity contribution >= 4 is 29.8 Å². The highest BCUT2D eigenvalue weighted by Crippen LogP contribution is 2.01. The van der Waals surface area contributed by atoms with E-state index in [9.17, 15) is 24.0 Å². The summed E-state index contributed by atoms with van der Waals surface area (Å²) in [6.45, 7) is -0.268. The fraction of sp³-hybridized carbons (Fsp3) is 0.615. The fourth-order valence-electron chi connectivity index (χ4n) is 1.70. The summed E-state index contributed by atoms with van der Waals surface area (Å²) in [5.41, 5.74) is 0. The zero-order chi connectivity index (χ0) is 19.4. The molecule has 0 saturated heterocycles. The van der Waals surface area contributed by atoms with Crippen molar-refractivity contribution in [3.8, 4) is 0 Å². The molecule has 0 radical (unpaired) electrons. The Balaban J connectivity index is 4.55. The lowest BCUT2D eigenvalue weighted by Gasteiger charge is -2.18. The molecule has 0 aliphatic rings. The first-order valence-electron chi connectivity index (χ1n) is 7.29. The Hall–Kier alpha value is -2.89. The van der Waals surface area contributed by atoms with Crippen LogP contribution < -0.4 is 16.0 Å². The van der Waals surface area contributed by atoms with Crippen molar-refractivity contribution in [2.24, 2.45) is 0 Å². The summed E-state index contributed by atoms with van der Waals surface area (Å²) in [5, 5.41) is 41.3. The summed E-state index contributed by atoms with van der Waals surface area (Å²) in [5.74, 6) is -4.66. The number of aliphatic carboxylic acids is 3. The standard InChI is InChI=1S/C13H21N3O9/c17-6-5-14-9(18)3-1-7(11(21)22)15-13(25)16-8(12(23)24)2-4-10(19)20/h7-8,17H,1-6H2,(H,14,18)(H,19,20)(H,21,22)(H,23,24)(H2,15,16,25)/t7?,8-/m0/s1. The average Bonchev–Trinajstić information content (AvgIpc) is 2.52. The Labute approximate surface area is 142 Å². The van der Waals surface area contributed by atoms with Gasteiger partial charge in [0.25, 0.3) is 0 Å². The van der Waals surface area contributed by atoms with Gasteiger partial charge in [-0.05, 0) is 12.8 Å². The van der Waals surface area contributed by atoms with Crippen LogP contribution >= 0.6 is 0 Å². The summed E-state index contributed by atoms with van der Waals surface area (Å²) >= 11 is 0. The molecule has 0 fully saturated rings. The van der Waals surface area contributed by atoms with Gasteiger partial charge in [0.2, 0.25) is 5.91 Å². The number of rotatable bonds is 12. The van der Waals surface area contributed by atoms with Gasteiger partial charge < -0.3 is 36.4 Å². The monoisotopic (exact) mass is 363 g/mol. The maximum atomic E-state index is 11.7. The summed E-state index contributed by atoms with van der Waals surface area (Å²) in [4.78, 5) is 55.6. The van der Waals surface area contributed by atoms with Crippen molar-refractivity contribution in [3.63, 3.8) is 0 Å². The molecule has 0 aliphatic carbocycles. The van der Waals surface area contributed by atoms with Crippen LogP contribution in [0.15, 0.2) is 0 Å². The lowest BCUT2D eigenvalue weighted by molar-refractivity contribution is -0.141. The Morgan fingerprint density at radius 2 is 1.28 bits per heavy atom. The molecule has 3 amide bonds. The second-order valence-electron chi connectivity index (χ2n) is 4.94. The molecular weight excluding hydrogens is 342 g/mol. The maximum absolute atomic E-state index is 11.7. The predicted octanol–water partition coefficient (Wildman–Crippen LogP) is -2.05. The van der Waals surface area contributed by atoms with Crippen molar-refractivity contribution < 1.29 is 44.4 Å². The van der Waals surface area contributed by atoms with Crippen LogP contribution in [0.5, 0.6) is 0 Å². The van der Waals surface area contributed by atoms with Crippen molar-refractivity contribution in [2.75, 3.05) is 13.2 Å². The molecule has 0 bridgehead atoms. The highest BCUT2D eigenvalue weighted by molar-refractivity contribution is 5.86. The van der Waals surface area contributed by atoms with Gasteiger partial charge in [0, 0.05) is 19.4 Å². The third-order valence-electron chi connectivity index (χ3n) is 2.95. The zero-order valence-corrected chi connectivity index (χ0v) is 13.2. The van der Waals surface area contributed by atoms with E-state index < -0.39 is 48.4 Å². The van der Waals surface area contributed by atoms with Crippen molar-refractivity contribution in [1.29, 1.82) is 0 Å². The van der Waals surface area contributed by atoms with Gasteiger partial charge in [-0.15, -0.1) is 0 Å². The van der Waals surface area contributed by atoms with Gasteiger partial charge in [-0.25, -0.2) is 14.4 Å². The molecule has 0 aliphatic heterocycles.